The van der Waals surface area contributed by atoms with Crippen molar-refractivity contribution >= 4 is 28.1 Å². The van der Waals surface area contributed by atoms with Gasteiger partial charge < -0.3 is 0 Å². The fourth-order valence-corrected chi connectivity index (χ4v) is 3.21. The van der Waals surface area contributed by atoms with Crippen molar-refractivity contribution in [3.63, 3.8) is 0 Å². The molecule has 0 unspecified atom stereocenters. The number of Topliss-reactive ketones (excluding diaryl/α,β-unsaturated/α-hetero) is 3. The molecule has 0 aromatic heterocycles. The predicted octanol–water partition coefficient (Wildman–Crippen LogP) is 5.79. The van der Waals surface area contributed by atoms with Gasteiger partial charge in [0.05, 0.1) is 0 Å². The minimum atomic E-state index is -0.0516. The number of rotatable bonds is 9. The van der Waals surface area contributed by atoms with Crippen molar-refractivity contribution in [2.75, 3.05) is 0 Å². The van der Waals surface area contributed by atoms with E-state index in [1.165, 1.54) is 0 Å². The molecule has 3 nitrogen and oxygen atoms in total. The number of fused-ring (bicyclic) bond motifs is 1. The number of carbonyl (C=O) groups is 3. The van der Waals surface area contributed by atoms with Crippen LogP contribution in [0.2, 0.25) is 0 Å². The summed E-state index contributed by atoms with van der Waals surface area (Å²) >= 11 is 0. The summed E-state index contributed by atoms with van der Waals surface area (Å²) in [6.45, 7) is 5.85. The zero-order chi connectivity index (χ0) is 18.4. The van der Waals surface area contributed by atoms with Gasteiger partial charge in [0.2, 0.25) is 0 Å². The van der Waals surface area contributed by atoms with Crippen molar-refractivity contribution in [1.29, 1.82) is 0 Å². The Morgan fingerprint density at radius 2 is 1.24 bits per heavy atom. The van der Waals surface area contributed by atoms with Crippen LogP contribution in [0.25, 0.3) is 10.8 Å². The lowest BCUT2D eigenvalue weighted by Crippen LogP contribution is -2.12. The van der Waals surface area contributed by atoms with Crippen LogP contribution in [0.3, 0.4) is 0 Å². The van der Waals surface area contributed by atoms with Gasteiger partial charge in [0, 0.05) is 41.3 Å². The van der Waals surface area contributed by atoms with Crippen LogP contribution in [-0.2, 0) is 0 Å². The third kappa shape index (κ3) is 4.04. The summed E-state index contributed by atoms with van der Waals surface area (Å²) < 4.78 is 0. The van der Waals surface area contributed by atoms with E-state index in [0.29, 0.717) is 47.8 Å². The van der Waals surface area contributed by atoms with Crippen LogP contribution < -0.4 is 0 Å². The lowest BCUT2D eigenvalue weighted by molar-refractivity contribution is 0.0949. The average Bonchev–Trinajstić information content (AvgIpc) is 2.60. The molecule has 3 heteroatoms. The Morgan fingerprint density at radius 3 is 1.84 bits per heavy atom. The number of ketones is 3. The summed E-state index contributed by atoms with van der Waals surface area (Å²) in [5, 5.41) is 1.50. The Labute approximate surface area is 149 Å². The first-order valence-electron chi connectivity index (χ1n) is 9.20. The van der Waals surface area contributed by atoms with Crippen molar-refractivity contribution in [3.05, 3.63) is 47.0 Å². The molecule has 2 aromatic rings. The summed E-state index contributed by atoms with van der Waals surface area (Å²) in [6.07, 6.45) is 3.41. The molecule has 25 heavy (non-hydrogen) atoms. The molecular weight excluding hydrogens is 312 g/mol. The zero-order valence-corrected chi connectivity index (χ0v) is 15.4. The largest absolute Gasteiger partial charge is 0.294 e. The van der Waals surface area contributed by atoms with Gasteiger partial charge >= 0.3 is 0 Å². The Bertz CT molecular complexity index is 802. The van der Waals surface area contributed by atoms with E-state index in [2.05, 4.69) is 0 Å². The molecule has 2 aromatic carbocycles. The van der Waals surface area contributed by atoms with Gasteiger partial charge in [-0.15, -0.1) is 0 Å². The minimum Gasteiger partial charge on any atom is -0.294 e. The van der Waals surface area contributed by atoms with Crippen molar-refractivity contribution in [2.45, 2.75) is 59.3 Å². The van der Waals surface area contributed by atoms with Crippen LogP contribution in [0.4, 0.5) is 0 Å². The SMILES string of the molecule is CCCC(=O)c1ccc2cccc(C(=O)CCC)c2c1C(=O)CCC. The molecule has 0 spiro atoms. The third-order valence-electron chi connectivity index (χ3n) is 4.36. The minimum absolute atomic E-state index is 0.0263. The van der Waals surface area contributed by atoms with Crippen LogP contribution >= 0.6 is 0 Å². The summed E-state index contributed by atoms with van der Waals surface area (Å²) in [5.41, 5.74) is 1.47. The number of hydrogen-bond donors (Lipinski definition) is 0. The molecule has 0 aliphatic carbocycles. The van der Waals surface area contributed by atoms with Crippen molar-refractivity contribution in [2.24, 2.45) is 0 Å². The van der Waals surface area contributed by atoms with E-state index in [1.807, 2.05) is 39.0 Å². The highest BCUT2D eigenvalue weighted by Gasteiger charge is 2.22. The highest BCUT2D eigenvalue weighted by atomic mass is 16.1. The standard InChI is InChI=1S/C22H26O3/c1-4-8-18(23)16-12-7-11-15-13-14-17(19(24)9-5-2)22(21(15)16)20(25)10-6-3/h7,11-14H,4-6,8-10H2,1-3H3. The molecule has 0 heterocycles. The van der Waals surface area contributed by atoms with Gasteiger partial charge in [0.15, 0.2) is 17.3 Å². The average molecular weight is 338 g/mol. The lowest BCUT2D eigenvalue weighted by atomic mass is 9.87. The van der Waals surface area contributed by atoms with E-state index >= 15 is 0 Å². The van der Waals surface area contributed by atoms with Crippen LogP contribution in [0, 0.1) is 0 Å². The van der Waals surface area contributed by atoms with Gasteiger partial charge in [-0.1, -0.05) is 51.1 Å². The van der Waals surface area contributed by atoms with Crippen LogP contribution in [0.15, 0.2) is 30.3 Å². The molecule has 132 valence electrons. The molecular formula is C22H26O3. The maximum atomic E-state index is 12.9. The second-order valence-electron chi connectivity index (χ2n) is 6.41. The van der Waals surface area contributed by atoms with Crippen molar-refractivity contribution in [1.82, 2.24) is 0 Å². The van der Waals surface area contributed by atoms with Crippen molar-refractivity contribution < 1.29 is 14.4 Å². The van der Waals surface area contributed by atoms with Crippen LogP contribution in [0.5, 0.6) is 0 Å². The molecule has 0 atom stereocenters. The van der Waals surface area contributed by atoms with E-state index in [4.69, 9.17) is 0 Å². The molecule has 0 aliphatic rings. The van der Waals surface area contributed by atoms with Crippen molar-refractivity contribution in [3.8, 4) is 0 Å². The third-order valence-corrected chi connectivity index (χ3v) is 4.36. The predicted molar refractivity (Wildman–Crippen MR) is 102 cm³/mol. The fraction of sp³-hybridized carbons (Fsp3) is 0.409. The summed E-state index contributed by atoms with van der Waals surface area (Å²) in [5.74, 6) is -0.0513. The van der Waals surface area contributed by atoms with E-state index < -0.39 is 0 Å². The number of benzene rings is 2. The van der Waals surface area contributed by atoms with Crippen LogP contribution in [-0.4, -0.2) is 17.3 Å². The van der Waals surface area contributed by atoms with Gasteiger partial charge in [-0.25, -0.2) is 0 Å². The Hall–Kier alpha value is -2.29. The first-order valence-corrected chi connectivity index (χ1v) is 9.20. The molecule has 0 bridgehead atoms. The highest BCUT2D eigenvalue weighted by Crippen LogP contribution is 2.30. The van der Waals surface area contributed by atoms with E-state index in [-0.39, 0.29) is 17.3 Å². The lowest BCUT2D eigenvalue weighted by Gasteiger charge is -2.14. The Balaban J connectivity index is 2.80. The molecule has 0 radical (unpaired) electrons. The van der Waals surface area contributed by atoms with Gasteiger partial charge in [-0.05, 0) is 24.6 Å². The van der Waals surface area contributed by atoms with E-state index in [1.54, 1.807) is 12.1 Å². The van der Waals surface area contributed by atoms with Gasteiger partial charge in [0.25, 0.3) is 0 Å². The topological polar surface area (TPSA) is 51.2 Å². The zero-order valence-electron chi connectivity index (χ0n) is 15.4. The molecule has 0 amide bonds. The van der Waals surface area contributed by atoms with E-state index in [0.717, 1.165) is 18.2 Å². The first kappa shape index (κ1) is 19.0. The van der Waals surface area contributed by atoms with Crippen LogP contribution in [0.1, 0.15) is 90.4 Å². The number of carbonyl (C=O) groups excluding carboxylic acids is 3. The molecule has 2 rings (SSSR count). The molecule has 0 N–H and O–H groups in total. The first-order chi connectivity index (χ1) is 12.0. The Kier molecular flexibility index (Phi) is 6.63. The Morgan fingerprint density at radius 1 is 0.680 bits per heavy atom. The van der Waals surface area contributed by atoms with Gasteiger partial charge in [0.1, 0.15) is 0 Å². The smallest absolute Gasteiger partial charge is 0.164 e. The van der Waals surface area contributed by atoms with Gasteiger partial charge in [-0.3, -0.25) is 14.4 Å². The summed E-state index contributed by atoms with van der Waals surface area (Å²) in [6, 6.07) is 9.11. The molecule has 0 saturated heterocycles. The molecule has 0 saturated carbocycles. The van der Waals surface area contributed by atoms with Gasteiger partial charge in [-0.2, -0.15) is 0 Å². The second kappa shape index (κ2) is 8.70. The number of hydrogen-bond acceptors (Lipinski definition) is 3. The normalized spacial score (nSPS) is 10.8. The second-order valence-corrected chi connectivity index (χ2v) is 6.41. The molecule has 0 fully saturated rings. The maximum absolute atomic E-state index is 12.9. The summed E-state index contributed by atoms with van der Waals surface area (Å²) in [4.78, 5) is 38.0. The molecule has 0 aliphatic heterocycles. The highest BCUT2D eigenvalue weighted by molar-refractivity contribution is 6.21. The fourth-order valence-electron chi connectivity index (χ4n) is 3.21. The monoisotopic (exact) mass is 338 g/mol. The maximum Gasteiger partial charge on any atom is 0.164 e. The quantitative estimate of drug-likeness (QED) is 0.544. The van der Waals surface area contributed by atoms with E-state index in [9.17, 15) is 14.4 Å². The summed E-state index contributed by atoms with van der Waals surface area (Å²) in [7, 11) is 0.